The van der Waals surface area contributed by atoms with Crippen molar-refractivity contribution < 1.29 is 19.4 Å². The molecule has 172 valence electrons. The van der Waals surface area contributed by atoms with Crippen LogP contribution in [0.3, 0.4) is 0 Å². The topological polar surface area (TPSA) is 75.6 Å². The van der Waals surface area contributed by atoms with Crippen LogP contribution in [0.25, 0.3) is 11.1 Å². The summed E-state index contributed by atoms with van der Waals surface area (Å²) in [5.74, 6) is -0.990. The lowest BCUT2D eigenvalue weighted by molar-refractivity contribution is -0.139. The molecule has 0 aromatic heterocycles. The first-order valence-electron chi connectivity index (χ1n) is 10.6. The van der Waals surface area contributed by atoms with Gasteiger partial charge in [-0.15, -0.1) is 0 Å². The number of methoxy groups -OCH3 is 1. The highest BCUT2D eigenvalue weighted by atomic mass is 35.5. The van der Waals surface area contributed by atoms with Gasteiger partial charge in [0.2, 0.25) is 0 Å². The molecule has 3 aromatic rings. The van der Waals surface area contributed by atoms with Crippen molar-refractivity contribution in [2.75, 3.05) is 7.11 Å². The molecule has 1 amide bonds. The van der Waals surface area contributed by atoms with E-state index in [1.54, 1.807) is 13.2 Å². The molecule has 0 aliphatic heterocycles. The van der Waals surface area contributed by atoms with Crippen LogP contribution in [0.4, 0.5) is 0 Å². The Morgan fingerprint density at radius 3 is 2.21 bits per heavy atom. The summed E-state index contributed by atoms with van der Waals surface area (Å²) >= 11 is 12.1. The zero-order valence-electron chi connectivity index (χ0n) is 18.4. The van der Waals surface area contributed by atoms with Gasteiger partial charge in [0.1, 0.15) is 11.8 Å². The molecule has 0 radical (unpaired) electrons. The van der Waals surface area contributed by atoms with Crippen molar-refractivity contribution >= 4 is 35.1 Å². The van der Waals surface area contributed by atoms with Gasteiger partial charge >= 0.3 is 5.97 Å². The number of carboxylic acid groups (broad SMARTS) is 1. The summed E-state index contributed by atoms with van der Waals surface area (Å²) in [5, 5.41) is 12.5. The third-order valence-corrected chi connectivity index (χ3v) is 5.93. The largest absolute Gasteiger partial charge is 0.496 e. The number of amides is 1. The van der Waals surface area contributed by atoms with Crippen molar-refractivity contribution in [3.63, 3.8) is 0 Å². The number of carboxylic acids is 1. The number of nitrogens with one attached hydrogen (secondary N) is 1. The summed E-state index contributed by atoms with van der Waals surface area (Å²) in [6.07, 6.45) is 2.15. The number of carbonyl (C=O) groups excluding carboxylic acids is 1. The third-order valence-electron chi connectivity index (χ3n) is 5.30. The van der Waals surface area contributed by atoms with Gasteiger partial charge in [0.05, 0.1) is 22.7 Å². The fraction of sp³-hybridized carbons (Fsp3) is 0.231. The summed E-state index contributed by atoms with van der Waals surface area (Å²) in [6, 6.07) is 17.2. The van der Waals surface area contributed by atoms with Crippen LogP contribution in [-0.2, 0) is 17.6 Å². The highest BCUT2D eigenvalue weighted by molar-refractivity contribution is 6.39. The van der Waals surface area contributed by atoms with Crippen LogP contribution < -0.4 is 10.1 Å². The van der Waals surface area contributed by atoms with Crippen LogP contribution >= 0.6 is 23.2 Å². The number of hydrogen-bond acceptors (Lipinski definition) is 3. The third kappa shape index (κ3) is 6.06. The molecule has 0 aliphatic carbocycles. The van der Waals surface area contributed by atoms with E-state index in [1.807, 2.05) is 36.4 Å². The normalized spacial score (nSPS) is 11.6. The second kappa shape index (κ2) is 11.2. The Morgan fingerprint density at radius 2 is 1.64 bits per heavy atom. The molecule has 5 nitrogen and oxygen atoms in total. The smallest absolute Gasteiger partial charge is 0.326 e. The standard InChI is InChI=1S/C26H25Cl2NO4/c1-3-5-16-10-13-19(23(15-16)33-2)18-11-8-17(9-12-18)14-22(26(31)32)29-25(30)24-20(27)6-4-7-21(24)28/h4,6-13,15,22H,3,5,14H2,1-2H3,(H,29,30)(H,31,32)/t22-/m0/s1. The van der Waals surface area contributed by atoms with Crippen molar-refractivity contribution in [2.24, 2.45) is 0 Å². The fourth-order valence-electron chi connectivity index (χ4n) is 3.62. The maximum atomic E-state index is 12.6. The number of ether oxygens (including phenoxy) is 1. The number of halogens is 2. The van der Waals surface area contributed by atoms with Crippen molar-refractivity contribution in [3.8, 4) is 16.9 Å². The summed E-state index contributed by atoms with van der Waals surface area (Å²) in [6.45, 7) is 2.13. The molecule has 0 fully saturated rings. The molecular weight excluding hydrogens is 461 g/mol. The maximum absolute atomic E-state index is 12.6. The summed E-state index contributed by atoms with van der Waals surface area (Å²) in [5.41, 5.74) is 3.95. The fourth-order valence-corrected chi connectivity index (χ4v) is 4.19. The van der Waals surface area contributed by atoms with Gasteiger partial charge in [0.15, 0.2) is 0 Å². The average molecular weight is 486 g/mol. The Kier molecular flexibility index (Phi) is 8.37. The van der Waals surface area contributed by atoms with Crippen molar-refractivity contribution in [1.29, 1.82) is 0 Å². The highest BCUT2D eigenvalue weighted by Crippen LogP contribution is 2.31. The van der Waals surface area contributed by atoms with Crippen LogP contribution in [0.1, 0.15) is 34.8 Å². The van der Waals surface area contributed by atoms with E-state index < -0.39 is 17.9 Å². The van der Waals surface area contributed by atoms with E-state index in [9.17, 15) is 14.7 Å². The predicted molar refractivity (Wildman–Crippen MR) is 131 cm³/mol. The minimum atomic E-state index is -1.15. The molecule has 0 saturated carbocycles. The molecule has 0 heterocycles. The molecule has 33 heavy (non-hydrogen) atoms. The number of aliphatic carboxylic acids is 1. The molecule has 3 aromatic carbocycles. The number of rotatable bonds is 9. The quantitative estimate of drug-likeness (QED) is 0.386. The Bertz CT molecular complexity index is 1130. The molecule has 0 bridgehead atoms. The van der Waals surface area contributed by atoms with Gasteiger partial charge in [-0.25, -0.2) is 4.79 Å². The first-order chi connectivity index (χ1) is 15.8. The summed E-state index contributed by atoms with van der Waals surface area (Å²) < 4.78 is 5.57. The number of aryl methyl sites for hydroxylation is 1. The van der Waals surface area contributed by atoms with Crippen LogP contribution in [0.2, 0.25) is 10.0 Å². The zero-order chi connectivity index (χ0) is 24.0. The van der Waals surface area contributed by atoms with Crippen molar-refractivity contribution in [1.82, 2.24) is 5.32 Å². The minimum absolute atomic E-state index is 0.0565. The van der Waals surface area contributed by atoms with Crippen molar-refractivity contribution in [3.05, 3.63) is 87.4 Å². The number of benzene rings is 3. The lowest BCUT2D eigenvalue weighted by Gasteiger charge is -2.16. The molecule has 7 heteroatoms. The molecule has 0 aliphatic rings. The molecule has 3 rings (SSSR count). The first-order valence-corrected chi connectivity index (χ1v) is 11.3. The number of hydrogen-bond donors (Lipinski definition) is 2. The summed E-state index contributed by atoms with van der Waals surface area (Å²) in [7, 11) is 1.65. The monoisotopic (exact) mass is 485 g/mol. The SMILES string of the molecule is CCCc1ccc(-c2ccc(C[C@H](NC(=O)c3c(Cl)cccc3Cl)C(=O)O)cc2)c(OC)c1. The molecular formula is C26H25Cl2NO4. The van der Waals surface area contributed by atoms with Gasteiger partial charge in [-0.05, 0) is 41.3 Å². The lowest BCUT2D eigenvalue weighted by atomic mass is 9.98. The molecule has 2 N–H and O–H groups in total. The molecule has 1 atom stereocenters. The Labute approximate surface area is 203 Å². The van der Waals surface area contributed by atoms with Crippen molar-refractivity contribution in [2.45, 2.75) is 32.2 Å². The maximum Gasteiger partial charge on any atom is 0.326 e. The second-order valence-electron chi connectivity index (χ2n) is 7.65. The van der Waals surface area contributed by atoms with Gasteiger partial charge in [-0.3, -0.25) is 4.79 Å². The molecule has 0 spiro atoms. The van der Waals surface area contributed by atoms with E-state index in [0.717, 1.165) is 35.3 Å². The lowest BCUT2D eigenvalue weighted by Crippen LogP contribution is -2.42. The number of carbonyl (C=O) groups is 2. The van der Waals surface area contributed by atoms with Gasteiger partial charge in [-0.2, -0.15) is 0 Å². The summed E-state index contributed by atoms with van der Waals surface area (Å²) in [4.78, 5) is 24.4. The highest BCUT2D eigenvalue weighted by Gasteiger charge is 2.24. The van der Waals surface area contributed by atoms with E-state index in [4.69, 9.17) is 27.9 Å². The van der Waals surface area contributed by atoms with Gasteiger partial charge in [0.25, 0.3) is 5.91 Å². The minimum Gasteiger partial charge on any atom is -0.496 e. The Balaban J connectivity index is 1.77. The van der Waals surface area contributed by atoms with Crippen LogP contribution in [-0.4, -0.2) is 30.1 Å². The predicted octanol–water partition coefficient (Wildman–Crippen LogP) is 6.05. The van der Waals surface area contributed by atoms with E-state index >= 15 is 0 Å². The van der Waals surface area contributed by atoms with E-state index in [-0.39, 0.29) is 22.0 Å². The Morgan fingerprint density at radius 1 is 1.00 bits per heavy atom. The second-order valence-corrected chi connectivity index (χ2v) is 8.46. The average Bonchev–Trinajstić information content (AvgIpc) is 2.79. The van der Waals surface area contributed by atoms with Crippen LogP contribution in [0, 0.1) is 0 Å². The van der Waals surface area contributed by atoms with Crippen LogP contribution in [0.5, 0.6) is 5.75 Å². The van der Waals surface area contributed by atoms with Gasteiger partial charge in [0, 0.05) is 12.0 Å². The first kappa shape index (κ1) is 24.6. The van der Waals surface area contributed by atoms with E-state index in [2.05, 4.69) is 18.3 Å². The van der Waals surface area contributed by atoms with Gasteiger partial charge < -0.3 is 15.2 Å². The van der Waals surface area contributed by atoms with Crippen LogP contribution in [0.15, 0.2) is 60.7 Å². The Hall–Kier alpha value is -3.02. The van der Waals surface area contributed by atoms with E-state index in [0.29, 0.717) is 0 Å². The molecule has 0 unspecified atom stereocenters. The molecule has 0 saturated heterocycles. The van der Waals surface area contributed by atoms with Gasteiger partial charge in [-0.1, -0.05) is 79.0 Å². The van der Waals surface area contributed by atoms with E-state index in [1.165, 1.54) is 17.7 Å². The zero-order valence-corrected chi connectivity index (χ0v) is 19.9.